The summed E-state index contributed by atoms with van der Waals surface area (Å²) in [6, 6.07) is 10.8. The van der Waals surface area contributed by atoms with Crippen molar-refractivity contribution < 1.29 is 9.47 Å². The zero-order chi connectivity index (χ0) is 11.4. The maximum absolute atomic E-state index is 5.67. The predicted molar refractivity (Wildman–Crippen MR) is 62.3 cm³/mol. The maximum Gasteiger partial charge on any atom is 0.145 e. The lowest BCUT2D eigenvalue weighted by Gasteiger charge is -2.05. The normalized spacial score (nSPS) is 9.88. The summed E-state index contributed by atoms with van der Waals surface area (Å²) in [5, 5.41) is 0.446. The second-order valence-electron chi connectivity index (χ2n) is 3.09. The number of rotatable bonds is 3. The average Bonchev–Trinajstić information content (AvgIpc) is 2.33. The summed E-state index contributed by atoms with van der Waals surface area (Å²) in [6.07, 6.45) is 1.58. The van der Waals surface area contributed by atoms with Crippen LogP contribution in [-0.4, -0.2) is 12.1 Å². The Bertz CT molecular complexity index is 453. The Hall–Kier alpha value is -1.74. The number of nitrogens with zero attached hydrogens (tertiary/aromatic N) is 1. The predicted octanol–water partition coefficient (Wildman–Crippen LogP) is 3.54. The third-order valence-corrected chi connectivity index (χ3v) is 2.22. The molecule has 0 aliphatic rings. The quantitative estimate of drug-likeness (QED) is 0.763. The Morgan fingerprint density at radius 1 is 0.938 bits per heavy atom. The molecule has 82 valence electrons. The summed E-state index contributed by atoms with van der Waals surface area (Å²) in [4.78, 5) is 3.92. The van der Waals surface area contributed by atoms with E-state index >= 15 is 0 Å². The molecule has 0 bridgehead atoms. The summed E-state index contributed by atoms with van der Waals surface area (Å²) in [5.74, 6) is 2.17. The molecule has 0 atom stereocenters. The molecule has 16 heavy (non-hydrogen) atoms. The summed E-state index contributed by atoms with van der Waals surface area (Å²) >= 11 is 5.67. The number of ether oxygens (including phenoxy) is 2. The van der Waals surface area contributed by atoms with Gasteiger partial charge >= 0.3 is 0 Å². The molecule has 2 rings (SSSR count). The van der Waals surface area contributed by atoms with Crippen LogP contribution in [0.1, 0.15) is 0 Å². The fourth-order valence-corrected chi connectivity index (χ4v) is 1.31. The largest absolute Gasteiger partial charge is 0.497 e. The molecule has 0 unspecified atom stereocenters. The van der Waals surface area contributed by atoms with Crippen LogP contribution in [0.25, 0.3) is 0 Å². The molecule has 4 heteroatoms. The highest BCUT2D eigenvalue weighted by molar-refractivity contribution is 6.29. The van der Waals surface area contributed by atoms with E-state index < -0.39 is 0 Å². The van der Waals surface area contributed by atoms with Crippen LogP contribution in [-0.2, 0) is 0 Å². The van der Waals surface area contributed by atoms with Crippen molar-refractivity contribution in [3.63, 3.8) is 0 Å². The summed E-state index contributed by atoms with van der Waals surface area (Å²) in [6.45, 7) is 0. The SMILES string of the molecule is COc1ccc(Oc2ccc(Cl)nc2)cc1. The van der Waals surface area contributed by atoms with E-state index in [4.69, 9.17) is 21.1 Å². The van der Waals surface area contributed by atoms with Gasteiger partial charge in [-0.2, -0.15) is 0 Å². The van der Waals surface area contributed by atoms with Crippen molar-refractivity contribution in [1.29, 1.82) is 0 Å². The fraction of sp³-hybridized carbons (Fsp3) is 0.0833. The van der Waals surface area contributed by atoms with Gasteiger partial charge in [-0.25, -0.2) is 4.98 Å². The highest BCUT2D eigenvalue weighted by atomic mass is 35.5. The van der Waals surface area contributed by atoms with Crippen molar-refractivity contribution in [1.82, 2.24) is 4.98 Å². The van der Waals surface area contributed by atoms with Gasteiger partial charge in [0.05, 0.1) is 13.3 Å². The molecule has 2 aromatic rings. The van der Waals surface area contributed by atoms with Crippen LogP contribution in [0.3, 0.4) is 0 Å². The first-order chi connectivity index (χ1) is 7.78. The minimum Gasteiger partial charge on any atom is -0.497 e. The minimum atomic E-state index is 0.446. The molecule has 1 aromatic carbocycles. The zero-order valence-electron chi connectivity index (χ0n) is 8.68. The van der Waals surface area contributed by atoms with Gasteiger partial charge in [0.25, 0.3) is 0 Å². The second-order valence-corrected chi connectivity index (χ2v) is 3.48. The topological polar surface area (TPSA) is 31.4 Å². The Balaban J connectivity index is 2.11. The Kier molecular flexibility index (Phi) is 3.27. The monoisotopic (exact) mass is 235 g/mol. The van der Waals surface area contributed by atoms with Crippen molar-refractivity contribution in [3.05, 3.63) is 47.7 Å². The van der Waals surface area contributed by atoms with E-state index in [1.807, 2.05) is 24.3 Å². The molecule has 3 nitrogen and oxygen atoms in total. The Labute approximate surface area is 98.6 Å². The first kappa shape index (κ1) is 10.8. The van der Waals surface area contributed by atoms with Crippen LogP contribution in [0.15, 0.2) is 42.6 Å². The molecule has 1 heterocycles. The molecule has 0 aliphatic carbocycles. The first-order valence-electron chi connectivity index (χ1n) is 4.71. The second kappa shape index (κ2) is 4.86. The van der Waals surface area contributed by atoms with E-state index in [9.17, 15) is 0 Å². The number of hydrogen-bond acceptors (Lipinski definition) is 3. The van der Waals surface area contributed by atoms with Crippen molar-refractivity contribution in [2.45, 2.75) is 0 Å². The van der Waals surface area contributed by atoms with Crippen LogP contribution in [0.2, 0.25) is 5.15 Å². The molecule has 0 aliphatic heterocycles. The third kappa shape index (κ3) is 2.64. The molecule has 0 spiro atoms. The van der Waals surface area contributed by atoms with E-state index in [0.29, 0.717) is 10.9 Å². The van der Waals surface area contributed by atoms with Gasteiger partial charge in [-0.3, -0.25) is 0 Å². The van der Waals surface area contributed by atoms with Gasteiger partial charge in [-0.05, 0) is 36.4 Å². The van der Waals surface area contributed by atoms with Crippen LogP contribution in [0.4, 0.5) is 0 Å². The standard InChI is InChI=1S/C12H10ClNO2/c1-15-9-2-4-10(5-3-9)16-11-6-7-12(13)14-8-11/h2-8H,1H3. The molecule has 1 aromatic heterocycles. The number of hydrogen-bond donors (Lipinski definition) is 0. The Morgan fingerprint density at radius 3 is 2.12 bits per heavy atom. The van der Waals surface area contributed by atoms with Gasteiger partial charge in [-0.15, -0.1) is 0 Å². The maximum atomic E-state index is 5.67. The van der Waals surface area contributed by atoms with Gasteiger partial charge in [0.15, 0.2) is 0 Å². The van der Waals surface area contributed by atoms with Gasteiger partial charge in [-0.1, -0.05) is 11.6 Å². The van der Waals surface area contributed by atoms with Crippen molar-refractivity contribution in [3.8, 4) is 17.2 Å². The molecule has 0 fully saturated rings. The zero-order valence-corrected chi connectivity index (χ0v) is 9.44. The molecule has 0 saturated heterocycles. The smallest absolute Gasteiger partial charge is 0.145 e. The van der Waals surface area contributed by atoms with Crippen molar-refractivity contribution in [2.24, 2.45) is 0 Å². The number of benzene rings is 1. The van der Waals surface area contributed by atoms with Crippen molar-refractivity contribution >= 4 is 11.6 Å². The van der Waals surface area contributed by atoms with E-state index in [1.165, 1.54) is 0 Å². The van der Waals surface area contributed by atoms with E-state index in [0.717, 1.165) is 11.5 Å². The van der Waals surface area contributed by atoms with Crippen LogP contribution in [0, 0.1) is 0 Å². The van der Waals surface area contributed by atoms with E-state index in [1.54, 1.807) is 25.4 Å². The number of pyridine rings is 1. The number of methoxy groups -OCH3 is 1. The van der Waals surface area contributed by atoms with Crippen LogP contribution in [0.5, 0.6) is 17.2 Å². The minimum absolute atomic E-state index is 0.446. The molecule has 0 saturated carbocycles. The molecule has 0 amide bonds. The average molecular weight is 236 g/mol. The first-order valence-corrected chi connectivity index (χ1v) is 5.09. The lowest BCUT2D eigenvalue weighted by molar-refractivity contribution is 0.413. The molecular weight excluding hydrogens is 226 g/mol. The van der Waals surface area contributed by atoms with Crippen molar-refractivity contribution in [2.75, 3.05) is 7.11 Å². The third-order valence-electron chi connectivity index (χ3n) is 2.00. The number of halogens is 1. The van der Waals surface area contributed by atoms with Gasteiger partial charge < -0.3 is 9.47 Å². The molecular formula is C12H10ClNO2. The Morgan fingerprint density at radius 2 is 1.56 bits per heavy atom. The van der Waals surface area contributed by atoms with Gasteiger partial charge in [0, 0.05) is 0 Å². The van der Waals surface area contributed by atoms with Gasteiger partial charge in [0.1, 0.15) is 22.4 Å². The summed E-state index contributed by atoms with van der Waals surface area (Å²) in [5.41, 5.74) is 0. The highest BCUT2D eigenvalue weighted by Crippen LogP contribution is 2.23. The molecule has 0 N–H and O–H groups in total. The fourth-order valence-electron chi connectivity index (χ4n) is 1.20. The summed E-state index contributed by atoms with van der Waals surface area (Å²) < 4.78 is 10.6. The van der Waals surface area contributed by atoms with Crippen LogP contribution < -0.4 is 9.47 Å². The summed E-state index contributed by atoms with van der Waals surface area (Å²) in [7, 11) is 1.62. The van der Waals surface area contributed by atoms with E-state index in [2.05, 4.69) is 4.98 Å². The van der Waals surface area contributed by atoms with E-state index in [-0.39, 0.29) is 0 Å². The lowest BCUT2D eigenvalue weighted by Crippen LogP contribution is -1.86. The van der Waals surface area contributed by atoms with Crippen LogP contribution >= 0.6 is 11.6 Å². The highest BCUT2D eigenvalue weighted by Gasteiger charge is 1.98. The molecule has 0 radical (unpaired) electrons. The van der Waals surface area contributed by atoms with Gasteiger partial charge in [0.2, 0.25) is 0 Å². The lowest BCUT2D eigenvalue weighted by atomic mass is 10.3. The number of aromatic nitrogens is 1.